The summed E-state index contributed by atoms with van der Waals surface area (Å²) in [5, 5.41) is 7.17. The van der Waals surface area contributed by atoms with E-state index in [4.69, 9.17) is 23.2 Å². The minimum atomic E-state index is -0.0675. The second kappa shape index (κ2) is 7.87. The Balaban J connectivity index is 2.05. The summed E-state index contributed by atoms with van der Waals surface area (Å²) in [5.74, 6) is 0. The average molecular weight is 330 g/mol. The van der Waals surface area contributed by atoms with E-state index >= 15 is 0 Å². The summed E-state index contributed by atoms with van der Waals surface area (Å²) >= 11 is 11.9. The van der Waals surface area contributed by atoms with E-state index in [0.29, 0.717) is 21.8 Å². The van der Waals surface area contributed by atoms with Gasteiger partial charge in [0.1, 0.15) is 0 Å². The van der Waals surface area contributed by atoms with Gasteiger partial charge in [-0.25, -0.2) is 4.79 Å². The predicted molar refractivity (Wildman–Crippen MR) is 88.4 cm³/mol. The van der Waals surface area contributed by atoms with Gasteiger partial charge in [0.05, 0.1) is 10.0 Å². The monoisotopic (exact) mass is 329 g/mol. The van der Waals surface area contributed by atoms with Crippen molar-refractivity contribution in [3.8, 4) is 0 Å². The van der Waals surface area contributed by atoms with E-state index in [0.717, 1.165) is 38.9 Å². The second-order valence-corrected chi connectivity index (χ2v) is 6.05. The Labute approximate surface area is 135 Å². The van der Waals surface area contributed by atoms with Gasteiger partial charge in [-0.15, -0.1) is 0 Å². The zero-order valence-corrected chi connectivity index (χ0v) is 13.7. The third kappa shape index (κ3) is 4.50. The van der Waals surface area contributed by atoms with Crippen molar-refractivity contribution in [2.75, 3.05) is 25.0 Å². The first-order chi connectivity index (χ1) is 10.1. The number of amides is 2. The van der Waals surface area contributed by atoms with Crippen LogP contribution < -0.4 is 10.6 Å². The van der Waals surface area contributed by atoms with Crippen LogP contribution in [0, 0.1) is 0 Å². The molecule has 2 amide bonds. The highest BCUT2D eigenvalue weighted by Crippen LogP contribution is 2.25. The number of nitrogens with zero attached hydrogens (tertiary/aromatic N) is 1. The summed E-state index contributed by atoms with van der Waals surface area (Å²) in [6.07, 6.45) is 2.93. The maximum absolute atomic E-state index is 12.5. The minimum Gasteiger partial charge on any atom is -0.321 e. The largest absolute Gasteiger partial charge is 0.322 e. The summed E-state index contributed by atoms with van der Waals surface area (Å²) in [7, 11) is 0. The Morgan fingerprint density at radius 1 is 1.33 bits per heavy atom. The highest BCUT2D eigenvalue weighted by Gasteiger charge is 2.24. The lowest BCUT2D eigenvalue weighted by Gasteiger charge is -2.34. The topological polar surface area (TPSA) is 44.4 Å². The summed E-state index contributed by atoms with van der Waals surface area (Å²) in [4.78, 5) is 14.5. The molecule has 0 saturated carbocycles. The fraction of sp³-hybridized carbons (Fsp3) is 0.533. The molecule has 1 aromatic rings. The normalized spacial score (nSPS) is 15.8. The molecule has 0 bridgehead atoms. The van der Waals surface area contributed by atoms with E-state index in [1.54, 1.807) is 18.2 Å². The molecule has 6 heteroatoms. The Bertz CT molecular complexity index is 490. The lowest BCUT2D eigenvalue weighted by atomic mass is 10.0. The van der Waals surface area contributed by atoms with Crippen LogP contribution in [0.15, 0.2) is 18.2 Å². The van der Waals surface area contributed by atoms with Crippen molar-refractivity contribution in [1.29, 1.82) is 0 Å². The molecule has 0 aromatic heterocycles. The van der Waals surface area contributed by atoms with E-state index in [1.807, 2.05) is 4.90 Å². The van der Waals surface area contributed by atoms with E-state index in [9.17, 15) is 4.79 Å². The fourth-order valence-corrected chi connectivity index (χ4v) is 2.88. The molecule has 1 aromatic carbocycles. The number of carbonyl (C=O) groups excluding carboxylic acids is 1. The van der Waals surface area contributed by atoms with E-state index in [2.05, 4.69) is 17.6 Å². The number of anilines is 1. The van der Waals surface area contributed by atoms with Crippen LogP contribution in [0.2, 0.25) is 10.0 Å². The van der Waals surface area contributed by atoms with E-state index in [-0.39, 0.29) is 6.03 Å². The molecule has 0 spiro atoms. The Hall–Kier alpha value is -0.970. The van der Waals surface area contributed by atoms with Crippen LogP contribution in [0.3, 0.4) is 0 Å². The van der Waals surface area contributed by atoms with E-state index in [1.165, 1.54) is 0 Å². The van der Waals surface area contributed by atoms with Crippen molar-refractivity contribution < 1.29 is 4.79 Å². The smallest absolute Gasteiger partial charge is 0.321 e. The summed E-state index contributed by atoms with van der Waals surface area (Å²) in [6, 6.07) is 5.36. The second-order valence-electron chi connectivity index (χ2n) is 5.23. The molecule has 4 nitrogen and oxygen atoms in total. The van der Waals surface area contributed by atoms with Crippen molar-refractivity contribution >= 4 is 34.9 Å². The van der Waals surface area contributed by atoms with Gasteiger partial charge < -0.3 is 15.5 Å². The number of benzene rings is 1. The highest BCUT2D eigenvalue weighted by atomic mass is 35.5. The number of carbonyl (C=O) groups is 1. The van der Waals surface area contributed by atoms with Gasteiger partial charge in [0.25, 0.3) is 0 Å². The lowest BCUT2D eigenvalue weighted by molar-refractivity contribution is 0.171. The lowest BCUT2D eigenvalue weighted by Crippen LogP contribution is -2.48. The molecule has 2 N–H and O–H groups in total. The standard InChI is InChI=1S/C15H21Cl2N3O/c1-2-9-20(12-5-7-18-8-6-12)15(21)19-11-3-4-13(16)14(17)10-11/h3-4,10,12,18H,2,5-9H2,1H3,(H,19,21). The molecule has 116 valence electrons. The number of halogens is 2. The molecule has 0 aliphatic carbocycles. The number of nitrogens with one attached hydrogen (secondary N) is 2. The summed E-state index contributed by atoms with van der Waals surface area (Å²) < 4.78 is 0. The third-order valence-electron chi connectivity index (χ3n) is 3.65. The molecule has 1 heterocycles. The van der Waals surface area contributed by atoms with Gasteiger partial charge >= 0.3 is 6.03 Å². The molecule has 0 radical (unpaired) electrons. The molecule has 0 atom stereocenters. The molecular formula is C15H21Cl2N3O. The average Bonchev–Trinajstić information content (AvgIpc) is 2.49. The number of piperidine rings is 1. The maximum Gasteiger partial charge on any atom is 0.322 e. The molecule has 21 heavy (non-hydrogen) atoms. The van der Waals surface area contributed by atoms with Gasteiger partial charge in [0.2, 0.25) is 0 Å². The van der Waals surface area contributed by atoms with Crippen LogP contribution in [0.1, 0.15) is 26.2 Å². The van der Waals surface area contributed by atoms with Crippen molar-refractivity contribution in [3.63, 3.8) is 0 Å². The van der Waals surface area contributed by atoms with Gasteiger partial charge in [0, 0.05) is 18.3 Å². The SMILES string of the molecule is CCCN(C(=O)Nc1ccc(Cl)c(Cl)c1)C1CCNCC1. The van der Waals surface area contributed by atoms with Crippen LogP contribution in [-0.4, -0.2) is 36.6 Å². The van der Waals surface area contributed by atoms with Crippen LogP contribution in [-0.2, 0) is 0 Å². The first kappa shape index (κ1) is 16.4. The molecule has 2 rings (SSSR count). The third-order valence-corrected chi connectivity index (χ3v) is 4.38. The van der Waals surface area contributed by atoms with Gasteiger partial charge in [-0.3, -0.25) is 0 Å². The molecule has 1 saturated heterocycles. The fourth-order valence-electron chi connectivity index (χ4n) is 2.58. The molecule has 1 aliphatic heterocycles. The highest BCUT2D eigenvalue weighted by molar-refractivity contribution is 6.42. The van der Waals surface area contributed by atoms with Gasteiger partial charge in [-0.05, 0) is 50.6 Å². The number of hydrogen-bond donors (Lipinski definition) is 2. The summed E-state index contributed by atoms with van der Waals surface area (Å²) in [5.41, 5.74) is 0.671. The van der Waals surface area contributed by atoms with Crippen molar-refractivity contribution in [3.05, 3.63) is 28.2 Å². The Morgan fingerprint density at radius 3 is 2.67 bits per heavy atom. The summed E-state index contributed by atoms with van der Waals surface area (Å²) in [6.45, 7) is 4.77. The Morgan fingerprint density at radius 2 is 2.05 bits per heavy atom. The maximum atomic E-state index is 12.5. The number of urea groups is 1. The molecule has 1 aliphatic rings. The van der Waals surface area contributed by atoms with Crippen molar-refractivity contribution in [2.24, 2.45) is 0 Å². The molecular weight excluding hydrogens is 309 g/mol. The quantitative estimate of drug-likeness (QED) is 0.877. The molecule has 0 unspecified atom stereocenters. The minimum absolute atomic E-state index is 0.0675. The first-order valence-electron chi connectivity index (χ1n) is 7.35. The number of hydrogen-bond acceptors (Lipinski definition) is 2. The van der Waals surface area contributed by atoms with Gasteiger partial charge in [0.15, 0.2) is 0 Å². The van der Waals surface area contributed by atoms with Crippen LogP contribution in [0.5, 0.6) is 0 Å². The van der Waals surface area contributed by atoms with Crippen molar-refractivity contribution in [1.82, 2.24) is 10.2 Å². The molecule has 1 fully saturated rings. The van der Waals surface area contributed by atoms with Crippen LogP contribution in [0.4, 0.5) is 10.5 Å². The van der Waals surface area contributed by atoms with Gasteiger partial charge in [-0.2, -0.15) is 0 Å². The zero-order valence-electron chi connectivity index (χ0n) is 12.2. The number of rotatable bonds is 4. The zero-order chi connectivity index (χ0) is 15.2. The Kier molecular flexibility index (Phi) is 6.15. The first-order valence-corrected chi connectivity index (χ1v) is 8.10. The van der Waals surface area contributed by atoms with E-state index < -0.39 is 0 Å². The van der Waals surface area contributed by atoms with Crippen LogP contribution >= 0.6 is 23.2 Å². The van der Waals surface area contributed by atoms with Crippen LogP contribution in [0.25, 0.3) is 0 Å². The van der Waals surface area contributed by atoms with Crippen molar-refractivity contribution in [2.45, 2.75) is 32.2 Å². The predicted octanol–water partition coefficient (Wildman–Crippen LogP) is 3.99. The van der Waals surface area contributed by atoms with Gasteiger partial charge in [-0.1, -0.05) is 30.1 Å².